The molecule has 2 saturated heterocycles. The smallest absolute Gasteiger partial charge is 0.239 e. The minimum atomic E-state index is 0.00225. The zero-order chi connectivity index (χ0) is 16.1. The van der Waals surface area contributed by atoms with Crippen molar-refractivity contribution in [1.82, 2.24) is 15.1 Å². The number of amides is 1. The zero-order valence-corrected chi connectivity index (χ0v) is 14.7. The third-order valence-electron chi connectivity index (χ3n) is 4.79. The van der Waals surface area contributed by atoms with Gasteiger partial charge in [-0.05, 0) is 30.8 Å². The number of piperidine rings is 1. The van der Waals surface area contributed by atoms with Gasteiger partial charge in [0.2, 0.25) is 5.91 Å². The average Bonchev–Trinajstić information content (AvgIpc) is 3.14. The van der Waals surface area contributed by atoms with Crippen LogP contribution in [0.15, 0.2) is 17.5 Å². The van der Waals surface area contributed by atoms with E-state index in [0.29, 0.717) is 0 Å². The highest BCUT2D eigenvalue weighted by Crippen LogP contribution is 2.27. The van der Waals surface area contributed by atoms with E-state index in [-0.39, 0.29) is 18.0 Å². The maximum absolute atomic E-state index is 12.7. The molecular weight excluding hydrogens is 310 g/mol. The van der Waals surface area contributed by atoms with Crippen LogP contribution in [-0.2, 0) is 9.53 Å². The van der Waals surface area contributed by atoms with Gasteiger partial charge in [0.25, 0.3) is 0 Å². The van der Waals surface area contributed by atoms with Crippen LogP contribution in [0.4, 0.5) is 0 Å². The number of carbonyl (C=O) groups excluding carboxylic acids is 1. The van der Waals surface area contributed by atoms with Gasteiger partial charge in [-0.2, -0.15) is 0 Å². The summed E-state index contributed by atoms with van der Waals surface area (Å²) in [6.07, 6.45) is 3.29. The number of hydrogen-bond acceptors (Lipinski definition) is 5. The lowest BCUT2D eigenvalue weighted by Gasteiger charge is -2.37. The Hall–Kier alpha value is -0.950. The van der Waals surface area contributed by atoms with Crippen molar-refractivity contribution in [1.29, 1.82) is 0 Å². The standard InChI is InChI=1S/C17H27N3O2S/c1-19(17(21)14-5-2-3-7-18-14)13-15(16-6-4-12-23-16)20-8-10-22-11-9-20/h4,6,12,14-15,18H,2-3,5,7-11,13H2,1H3/t14-,15?/m1/s1. The molecule has 5 nitrogen and oxygen atoms in total. The lowest BCUT2D eigenvalue weighted by Crippen LogP contribution is -2.50. The van der Waals surface area contributed by atoms with E-state index in [0.717, 1.165) is 52.2 Å². The summed E-state index contributed by atoms with van der Waals surface area (Å²) in [5.41, 5.74) is 0. The van der Waals surface area contributed by atoms with E-state index >= 15 is 0 Å². The minimum Gasteiger partial charge on any atom is -0.379 e. The van der Waals surface area contributed by atoms with Gasteiger partial charge in [-0.15, -0.1) is 11.3 Å². The molecule has 1 N–H and O–H groups in total. The van der Waals surface area contributed by atoms with Crippen molar-refractivity contribution in [3.63, 3.8) is 0 Å². The van der Waals surface area contributed by atoms with Gasteiger partial charge >= 0.3 is 0 Å². The first-order chi connectivity index (χ1) is 11.3. The predicted octanol–water partition coefficient (Wildman–Crippen LogP) is 1.72. The van der Waals surface area contributed by atoms with Crippen molar-refractivity contribution in [2.24, 2.45) is 0 Å². The topological polar surface area (TPSA) is 44.8 Å². The molecule has 23 heavy (non-hydrogen) atoms. The molecule has 3 rings (SSSR count). The Morgan fingerprint density at radius 2 is 2.30 bits per heavy atom. The quantitative estimate of drug-likeness (QED) is 0.889. The molecule has 1 unspecified atom stereocenters. The van der Waals surface area contributed by atoms with Gasteiger partial charge in [-0.1, -0.05) is 12.5 Å². The molecule has 0 radical (unpaired) electrons. The van der Waals surface area contributed by atoms with Crippen molar-refractivity contribution in [3.05, 3.63) is 22.4 Å². The van der Waals surface area contributed by atoms with E-state index in [2.05, 4.69) is 27.7 Å². The molecule has 0 saturated carbocycles. The van der Waals surface area contributed by atoms with E-state index in [1.54, 1.807) is 11.3 Å². The number of thiophene rings is 1. The first-order valence-corrected chi connectivity index (χ1v) is 9.47. The summed E-state index contributed by atoms with van der Waals surface area (Å²) < 4.78 is 5.49. The number of rotatable bonds is 5. The molecule has 2 fully saturated rings. The van der Waals surface area contributed by atoms with Crippen molar-refractivity contribution >= 4 is 17.2 Å². The van der Waals surface area contributed by atoms with E-state index in [9.17, 15) is 4.79 Å². The first kappa shape index (κ1) is 16.9. The lowest BCUT2D eigenvalue weighted by molar-refractivity contribution is -0.133. The molecule has 128 valence electrons. The van der Waals surface area contributed by atoms with Gasteiger partial charge in [0, 0.05) is 31.6 Å². The highest BCUT2D eigenvalue weighted by atomic mass is 32.1. The van der Waals surface area contributed by atoms with Gasteiger partial charge in [0.15, 0.2) is 0 Å². The maximum atomic E-state index is 12.7. The SMILES string of the molecule is CN(CC(c1cccs1)N1CCOCC1)C(=O)[C@H]1CCCCN1. The Labute approximate surface area is 142 Å². The number of carbonyl (C=O) groups is 1. The molecule has 2 aliphatic rings. The minimum absolute atomic E-state index is 0.00225. The van der Waals surface area contributed by atoms with Crippen LogP contribution in [0.5, 0.6) is 0 Å². The Morgan fingerprint density at radius 3 is 2.96 bits per heavy atom. The fourth-order valence-corrected chi connectivity index (χ4v) is 4.29. The molecule has 0 spiro atoms. The van der Waals surface area contributed by atoms with Gasteiger partial charge < -0.3 is 15.0 Å². The van der Waals surface area contributed by atoms with Crippen molar-refractivity contribution < 1.29 is 9.53 Å². The largest absolute Gasteiger partial charge is 0.379 e. The summed E-state index contributed by atoms with van der Waals surface area (Å²) in [7, 11) is 1.94. The number of likely N-dealkylation sites (N-methyl/N-ethyl adjacent to an activating group) is 1. The van der Waals surface area contributed by atoms with Crippen LogP contribution in [-0.4, -0.2) is 68.2 Å². The predicted molar refractivity (Wildman–Crippen MR) is 92.7 cm³/mol. The fourth-order valence-electron chi connectivity index (χ4n) is 3.43. The molecule has 0 aromatic carbocycles. The van der Waals surface area contributed by atoms with Gasteiger partial charge in [0.1, 0.15) is 0 Å². The molecule has 0 bridgehead atoms. The van der Waals surface area contributed by atoms with E-state index in [1.807, 2.05) is 11.9 Å². The van der Waals surface area contributed by atoms with E-state index in [4.69, 9.17) is 4.74 Å². The Morgan fingerprint density at radius 1 is 1.48 bits per heavy atom. The molecular formula is C17H27N3O2S. The van der Waals surface area contributed by atoms with Crippen molar-refractivity contribution in [2.45, 2.75) is 31.3 Å². The van der Waals surface area contributed by atoms with Gasteiger partial charge in [-0.3, -0.25) is 9.69 Å². The molecule has 6 heteroatoms. The van der Waals surface area contributed by atoms with Crippen LogP contribution in [0, 0.1) is 0 Å². The summed E-state index contributed by atoms with van der Waals surface area (Å²) in [5.74, 6) is 0.236. The second-order valence-electron chi connectivity index (χ2n) is 6.40. The van der Waals surface area contributed by atoms with Crippen LogP contribution in [0.3, 0.4) is 0 Å². The highest BCUT2D eigenvalue weighted by Gasteiger charge is 2.29. The van der Waals surface area contributed by atoms with Crippen LogP contribution in [0.1, 0.15) is 30.2 Å². The third-order valence-corrected chi connectivity index (χ3v) is 5.76. The summed E-state index contributed by atoms with van der Waals surface area (Å²) in [6.45, 7) is 5.14. The summed E-state index contributed by atoms with van der Waals surface area (Å²) >= 11 is 1.78. The molecule has 0 aliphatic carbocycles. The molecule has 3 heterocycles. The normalized spacial score (nSPS) is 24.3. The first-order valence-electron chi connectivity index (χ1n) is 8.59. The number of nitrogens with zero attached hydrogens (tertiary/aromatic N) is 2. The second kappa shape index (κ2) is 8.24. The van der Waals surface area contributed by atoms with Crippen LogP contribution >= 0.6 is 11.3 Å². The summed E-state index contributed by atoms with van der Waals surface area (Å²) in [4.78, 5) is 18.4. The van der Waals surface area contributed by atoms with E-state index in [1.165, 1.54) is 11.3 Å². The highest BCUT2D eigenvalue weighted by molar-refractivity contribution is 7.10. The molecule has 2 aliphatic heterocycles. The third kappa shape index (κ3) is 4.32. The molecule has 1 amide bonds. The van der Waals surface area contributed by atoms with Crippen LogP contribution in [0.25, 0.3) is 0 Å². The van der Waals surface area contributed by atoms with Crippen molar-refractivity contribution in [3.8, 4) is 0 Å². The lowest BCUT2D eigenvalue weighted by atomic mass is 10.0. The molecule has 1 aromatic heterocycles. The monoisotopic (exact) mass is 337 g/mol. The number of morpholine rings is 1. The maximum Gasteiger partial charge on any atom is 0.239 e. The average molecular weight is 337 g/mol. The van der Waals surface area contributed by atoms with Gasteiger partial charge in [-0.25, -0.2) is 0 Å². The Balaban J connectivity index is 1.66. The van der Waals surface area contributed by atoms with E-state index < -0.39 is 0 Å². The Bertz CT molecular complexity index is 482. The molecule has 1 aromatic rings. The van der Waals surface area contributed by atoms with Crippen LogP contribution < -0.4 is 5.32 Å². The molecule has 2 atom stereocenters. The van der Waals surface area contributed by atoms with Crippen molar-refractivity contribution in [2.75, 3.05) is 46.4 Å². The number of nitrogens with one attached hydrogen (secondary N) is 1. The Kier molecular flexibility index (Phi) is 6.05. The number of ether oxygens (including phenoxy) is 1. The van der Waals surface area contributed by atoms with Gasteiger partial charge in [0.05, 0.1) is 25.3 Å². The number of hydrogen-bond donors (Lipinski definition) is 1. The second-order valence-corrected chi connectivity index (χ2v) is 7.38. The van der Waals surface area contributed by atoms with Crippen LogP contribution in [0.2, 0.25) is 0 Å². The summed E-state index contributed by atoms with van der Waals surface area (Å²) in [5, 5.41) is 5.48. The zero-order valence-electron chi connectivity index (χ0n) is 13.9. The fraction of sp³-hybridized carbons (Fsp3) is 0.706. The summed E-state index contributed by atoms with van der Waals surface area (Å²) in [6, 6.07) is 4.55.